The van der Waals surface area contributed by atoms with Crippen LogP contribution in [0.3, 0.4) is 0 Å². The molecule has 1 nitrogen and oxygen atoms in total. The summed E-state index contributed by atoms with van der Waals surface area (Å²) in [6.07, 6.45) is 12.8. The number of terminal acetylenes is 1. The molecule has 0 aromatic heterocycles. The Kier molecular flexibility index (Phi) is 8.38. The second kappa shape index (κ2) is 11.5. The van der Waals surface area contributed by atoms with E-state index in [-0.39, 0.29) is 0 Å². The highest BCUT2D eigenvalue weighted by Gasteiger charge is 2.22. The number of aryl methyl sites for hydroxylation is 3. The predicted octanol–water partition coefficient (Wildman–Crippen LogP) is 8.46. The summed E-state index contributed by atoms with van der Waals surface area (Å²) >= 11 is 6.56. The van der Waals surface area contributed by atoms with Crippen LogP contribution < -0.4 is 0 Å². The maximum atomic E-state index is 6.56. The Morgan fingerprint density at radius 3 is 2.26 bits per heavy atom. The van der Waals surface area contributed by atoms with Crippen LogP contribution in [0, 0.1) is 33.1 Å². The summed E-state index contributed by atoms with van der Waals surface area (Å²) in [6.45, 7) is 11.2. The van der Waals surface area contributed by atoms with Gasteiger partial charge in [0, 0.05) is 23.2 Å². The zero-order valence-electron chi connectivity index (χ0n) is 21.8. The molecule has 0 radical (unpaired) electrons. The number of hydrogen-bond acceptors (Lipinski definition) is 1. The summed E-state index contributed by atoms with van der Waals surface area (Å²) in [5.74, 6) is 2.79. The number of hydrogen-bond donors (Lipinski definition) is 0. The highest BCUT2D eigenvalue weighted by atomic mass is 35.5. The third-order valence-electron chi connectivity index (χ3n) is 7.99. The van der Waals surface area contributed by atoms with Crippen LogP contribution in [-0.4, -0.2) is 17.5 Å². The minimum absolute atomic E-state index is 0.723. The van der Waals surface area contributed by atoms with Crippen LogP contribution in [0.1, 0.15) is 71.6 Å². The van der Waals surface area contributed by atoms with E-state index in [1.54, 1.807) is 0 Å². The van der Waals surface area contributed by atoms with E-state index in [1.165, 1.54) is 65.6 Å². The van der Waals surface area contributed by atoms with Crippen LogP contribution in [0.2, 0.25) is 5.02 Å². The first-order valence-electron chi connectivity index (χ1n) is 13.1. The standard InChI is InChI=1S/C33H38ClN/c1-6-26-21-28(33(34)20-23(26)3)18-17-27-12-10-15-31(24(27)4)32-16-11-13-29(25(32)5)22-35-19-9-8-14-30(35)7-2/h1,10-13,15-16,20-21,30H,7-9,14,17-19,22H2,2-5H3. The Morgan fingerprint density at radius 1 is 0.914 bits per heavy atom. The summed E-state index contributed by atoms with van der Waals surface area (Å²) in [6, 6.07) is 18.4. The van der Waals surface area contributed by atoms with Crippen LogP contribution in [0.4, 0.5) is 0 Å². The number of rotatable bonds is 7. The van der Waals surface area contributed by atoms with E-state index in [4.69, 9.17) is 18.0 Å². The molecule has 182 valence electrons. The molecule has 1 unspecified atom stereocenters. The van der Waals surface area contributed by atoms with Crippen molar-refractivity contribution in [3.63, 3.8) is 0 Å². The number of benzene rings is 3. The molecule has 2 heteroatoms. The third kappa shape index (κ3) is 5.66. The number of piperidine rings is 1. The zero-order valence-corrected chi connectivity index (χ0v) is 22.5. The van der Waals surface area contributed by atoms with Gasteiger partial charge in [-0.15, -0.1) is 6.42 Å². The maximum absolute atomic E-state index is 6.56. The van der Waals surface area contributed by atoms with Crippen LogP contribution in [0.15, 0.2) is 48.5 Å². The molecule has 4 rings (SSSR count). The molecule has 0 amide bonds. The molecule has 0 bridgehead atoms. The van der Waals surface area contributed by atoms with E-state index in [0.29, 0.717) is 0 Å². The predicted molar refractivity (Wildman–Crippen MR) is 151 cm³/mol. The number of nitrogens with zero attached hydrogens (tertiary/aromatic N) is 1. The molecule has 1 atom stereocenters. The molecule has 35 heavy (non-hydrogen) atoms. The average molecular weight is 484 g/mol. The lowest BCUT2D eigenvalue weighted by Gasteiger charge is -2.35. The monoisotopic (exact) mass is 483 g/mol. The van der Waals surface area contributed by atoms with Crippen molar-refractivity contribution in [2.24, 2.45) is 0 Å². The van der Waals surface area contributed by atoms with E-state index >= 15 is 0 Å². The summed E-state index contributed by atoms with van der Waals surface area (Å²) < 4.78 is 0. The van der Waals surface area contributed by atoms with Gasteiger partial charge < -0.3 is 0 Å². The summed E-state index contributed by atoms with van der Waals surface area (Å²) in [5.41, 5.74) is 11.4. The molecule has 1 saturated heterocycles. The average Bonchev–Trinajstić information content (AvgIpc) is 2.86. The Bertz CT molecular complexity index is 1230. The molecule has 1 aliphatic heterocycles. The van der Waals surface area contributed by atoms with E-state index in [9.17, 15) is 0 Å². The Hall–Kier alpha value is -2.53. The minimum Gasteiger partial charge on any atom is -0.296 e. The minimum atomic E-state index is 0.723. The second-order valence-corrected chi connectivity index (χ2v) is 10.5. The van der Waals surface area contributed by atoms with Gasteiger partial charge in [0.05, 0.1) is 0 Å². The van der Waals surface area contributed by atoms with Gasteiger partial charge in [-0.3, -0.25) is 4.90 Å². The number of likely N-dealkylation sites (tertiary alicyclic amines) is 1. The fourth-order valence-electron chi connectivity index (χ4n) is 5.68. The first-order chi connectivity index (χ1) is 16.9. The molecule has 0 spiro atoms. The molecule has 0 N–H and O–H groups in total. The Balaban J connectivity index is 1.58. The van der Waals surface area contributed by atoms with E-state index in [1.807, 2.05) is 13.0 Å². The van der Waals surface area contributed by atoms with Crippen molar-refractivity contribution in [2.45, 2.75) is 78.8 Å². The molecule has 3 aromatic rings. The van der Waals surface area contributed by atoms with Gasteiger partial charge in [0.15, 0.2) is 0 Å². The molecule has 1 heterocycles. The maximum Gasteiger partial charge on any atom is 0.0441 e. The van der Waals surface area contributed by atoms with E-state index in [2.05, 4.69) is 74.1 Å². The van der Waals surface area contributed by atoms with Crippen molar-refractivity contribution in [3.8, 4) is 23.5 Å². The molecule has 0 aliphatic carbocycles. The topological polar surface area (TPSA) is 3.24 Å². The second-order valence-electron chi connectivity index (χ2n) is 10.1. The van der Waals surface area contributed by atoms with Gasteiger partial charge in [0.25, 0.3) is 0 Å². The molecular weight excluding hydrogens is 446 g/mol. The van der Waals surface area contributed by atoms with Gasteiger partial charge >= 0.3 is 0 Å². The van der Waals surface area contributed by atoms with Gasteiger partial charge in [0.1, 0.15) is 0 Å². The fourth-order valence-corrected chi connectivity index (χ4v) is 5.99. The molecular formula is C33H38ClN. The van der Waals surface area contributed by atoms with Crippen molar-refractivity contribution in [3.05, 3.63) is 92.5 Å². The summed E-state index contributed by atoms with van der Waals surface area (Å²) in [4.78, 5) is 2.70. The lowest BCUT2D eigenvalue weighted by Crippen LogP contribution is -2.38. The van der Waals surface area contributed by atoms with E-state index < -0.39 is 0 Å². The smallest absolute Gasteiger partial charge is 0.0441 e. The molecule has 1 fully saturated rings. The normalized spacial score (nSPS) is 16.3. The lowest BCUT2D eigenvalue weighted by molar-refractivity contribution is 0.136. The van der Waals surface area contributed by atoms with Crippen LogP contribution in [-0.2, 0) is 19.4 Å². The Labute approximate surface area is 217 Å². The van der Waals surface area contributed by atoms with Crippen molar-refractivity contribution in [1.29, 1.82) is 0 Å². The van der Waals surface area contributed by atoms with Crippen molar-refractivity contribution in [2.75, 3.05) is 6.54 Å². The van der Waals surface area contributed by atoms with Gasteiger partial charge in [-0.2, -0.15) is 0 Å². The molecule has 0 saturated carbocycles. The van der Waals surface area contributed by atoms with Crippen molar-refractivity contribution < 1.29 is 0 Å². The van der Waals surface area contributed by atoms with Gasteiger partial charge in [-0.25, -0.2) is 0 Å². The zero-order chi connectivity index (χ0) is 24.9. The summed E-state index contributed by atoms with van der Waals surface area (Å²) in [5, 5.41) is 0.807. The first kappa shape index (κ1) is 25.6. The van der Waals surface area contributed by atoms with Crippen molar-refractivity contribution in [1.82, 2.24) is 4.90 Å². The number of halogens is 1. The van der Waals surface area contributed by atoms with Gasteiger partial charge in [-0.05, 0) is 116 Å². The van der Waals surface area contributed by atoms with Crippen LogP contribution >= 0.6 is 11.6 Å². The summed E-state index contributed by atoms with van der Waals surface area (Å²) in [7, 11) is 0. The first-order valence-corrected chi connectivity index (χ1v) is 13.5. The highest BCUT2D eigenvalue weighted by Crippen LogP contribution is 2.32. The fraction of sp³-hybridized carbons (Fsp3) is 0.394. The van der Waals surface area contributed by atoms with Crippen LogP contribution in [0.5, 0.6) is 0 Å². The van der Waals surface area contributed by atoms with Gasteiger partial charge in [-0.1, -0.05) is 67.3 Å². The van der Waals surface area contributed by atoms with Gasteiger partial charge in [0.2, 0.25) is 0 Å². The van der Waals surface area contributed by atoms with E-state index in [0.717, 1.165) is 47.1 Å². The molecule has 3 aromatic carbocycles. The SMILES string of the molecule is C#Cc1cc(CCc2cccc(-c3cccc(CN4CCCCC4CC)c3C)c2C)c(Cl)cc1C. The largest absolute Gasteiger partial charge is 0.296 e. The Morgan fingerprint density at radius 2 is 1.57 bits per heavy atom. The lowest BCUT2D eigenvalue weighted by atomic mass is 9.89. The van der Waals surface area contributed by atoms with Crippen molar-refractivity contribution >= 4 is 11.6 Å². The molecule has 1 aliphatic rings. The van der Waals surface area contributed by atoms with Crippen LogP contribution in [0.25, 0.3) is 11.1 Å². The quantitative estimate of drug-likeness (QED) is 0.304. The highest BCUT2D eigenvalue weighted by molar-refractivity contribution is 6.31. The third-order valence-corrected chi connectivity index (χ3v) is 8.34.